The van der Waals surface area contributed by atoms with Gasteiger partial charge in [0, 0.05) is 25.9 Å². The van der Waals surface area contributed by atoms with Crippen LogP contribution in [0.15, 0.2) is 53.5 Å². The number of sulfone groups is 1. The van der Waals surface area contributed by atoms with Gasteiger partial charge in [0.1, 0.15) is 28.0 Å². The maximum absolute atomic E-state index is 13.2. The number of nitrogens with one attached hydrogen (secondary N) is 2. The molecule has 2 rings (SSSR count). The largest absolute Gasteiger partial charge is 0.489 e. The fourth-order valence-electron chi connectivity index (χ4n) is 2.57. The first kappa shape index (κ1) is 26.2. The predicted molar refractivity (Wildman–Crippen MR) is 130 cm³/mol. The van der Waals surface area contributed by atoms with Crippen LogP contribution < -0.4 is 15.4 Å². The molecule has 0 amide bonds. The zero-order chi connectivity index (χ0) is 21.3. The Balaban J connectivity index is 0.00000450. The summed E-state index contributed by atoms with van der Waals surface area (Å²) in [4.78, 5) is 4.16. The minimum absolute atomic E-state index is 0. The summed E-state index contributed by atoms with van der Waals surface area (Å²) >= 11 is 0. The van der Waals surface area contributed by atoms with E-state index in [0.717, 1.165) is 11.1 Å². The van der Waals surface area contributed by atoms with Crippen LogP contribution in [0.1, 0.15) is 24.5 Å². The first-order valence-electron chi connectivity index (χ1n) is 9.36. The molecule has 1 atom stereocenters. The van der Waals surface area contributed by atoms with Crippen molar-refractivity contribution in [1.29, 1.82) is 0 Å². The summed E-state index contributed by atoms with van der Waals surface area (Å²) in [7, 11) is -1.31. The number of hydrogen-bond acceptors (Lipinski definition) is 4. The van der Waals surface area contributed by atoms with E-state index in [1.165, 1.54) is 18.4 Å². The highest BCUT2D eigenvalue weighted by Crippen LogP contribution is 2.14. The molecule has 1 unspecified atom stereocenters. The molecule has 0 spiro atoms. The SMILES string of the molecule is CN=C(NCc1ccc(OCc2cccc(F)c2)cc1)NC(C)CCS(C)(=O)=O.I. The van der Waals surface area contributed by atoms with Crippen molar-refractivity contribution < 1.29 is 17.5 Å². The number of guanidine groups is 1. The Hall–Kier alpha value is -1.88. The van der Waals surface area contributed by atoms with Crippen LogP contribution in [-0.4, -0.2) is 39.5 Å². The number of nitrogens with zero attached hydrogens (tertiary/aromatic N) is 1. The molecule has 0 radical (unpaired) electrons. The van der Waals surface area contributed by atoms with Crippen LogP contribution in [0.25, 0.3) is 0 Å². The molecule has 30 heavy (non-hydrogen) atoms. The van der Waals surface area contributed by atoms with Crippen LogP contribution in [-0.2, 0) is 23.0 Å². The second-order valence-electron chi connectivity index (χ2n) is 6.95. The molecular formula is C21H29FIN3O3S. The highest BCUT2D eigenvalue weighted by Gasteiger charge is 2.09. The summed E-state index contributed by atoms with van der Waals surface area (Å²) in [5.74, 6) is 1.17. The Morgan fingerprint density at radius 2 is 1.87 bits per heavy atom. The molecule has 0 aliphatic rings. The van der Waals surface area contributed by atoms with E-state index in [2.05, 4.69) is 15.6 Å². The molecule has 0 bridgehead atoms. The number of halogens is 2. The lowest BCUT2D eigenvalue weighted by atomic mass is 10.2. The number of benzene rings is 2. The van der Waals surface area contributed by atoms with E-state index < -0.39 is 9.84 Å². The van der Waals surface area contributed by atoms with Gasteiger partial charge in [-0.2, -0.15) is 0 Å². The molecule has 0 aliphatic heterocycles. The van der Waals surface area contributed by atoms with Crippen LogP contribution >= 0.6 is 24.0 Å². The smallest absolute Gasteiger partial charge is 0.191 e. The van der Waals surface area contributed by atoms with E-state index in [1.54, 1.807) is 13.1 Å². The standard InChI is InChI=1S/C21H28FN3O3S.HI/c1-16(11-12-29(3,26)27)25-21(23-2)24-14-17-7-9-20(10-8-17)28-15-18-5-4-6-19(22)13-18;/h4-10,13,16H,11-12,14-15H2,1-3H3,(H2,23,24,25);1H. The topological polar surface area (TPSA) is 79.8 Å². The first-order chi connectivity index (χ1) is 13.7. The molecule has 0 saturated heterocycles. The van der Waals surface area contributed by atoms with Gasteiger partial charge in [-0.3, -0.25) is 4.99 Å². The number of ether oxygens (including phenoxy) is 1. The minimum Gasteiger partial charge on any atom is -0.489 e. The van der Waals surface area contributed by atoms with Crippen molar-refractivity contribution in [3.8, 4) is 5.75 Å². The Morgan fingerprint density at radius 3 is 2.47 bits per heavy atom. The minimum atomic E-state index is -2.98. The normalized spacial score (nSPS) is 12.6. The second-order valence-corrected chi connectivity index (χ2v) is 9.21. The van der Waals surface area contributed by atoms with Gasteiger partial charge in [-0.05, 0) is 48.7 Å². The summed E-state index contributed by atoms with van der Waals surface area (Å²) < 4.78 is 41.4. The molecule has 0 heterocycles. The van der Waals surface area contributed by atoms with Crippen LogP contribution in [0.2, 0.25) is 0 Å². The molecule has 9 heteroatoms. The third-order valence-corrected chi connectivity index (χ3v) is 5.18. The highest BCUT2D eigenvalue weighted by molar-refractivity contribution is 14.0. The monoisotopic (exact) mass is 549 g/mol. The molecule has 2 aromatic rings. The Morgan fingerprint density at radius 1 is 1.17 bits per heavy atom. The summed E-state index contributed by atoms with van der Waals surface area (Å²) in [6.07, 6.45) is 1.75. The predicted octanol–water partition coefficient (Wildman–Crippen LogP) is 3.51. The molecule has 0 saturated carbocycles. The van der Waals surface area contributed by atoms with E-state index in [0.29, 0.717) is 31.3 Å². The molecule has 2 N–H and O–H groups in total. The molecule has 166 valence electrons. The van der Waals surface area contributed by atoms with Crippen molar-refractivity contribution in [3.63, 3.8) is 0 Å². The summed E-state index contributed by atoms with van der Waals surface area (Å²) in [6.45, 7) is 2.78. The maximum Gasteiger partial charge on any atom is 0.191 e. The van der Waals surface area contributed by atoms with E-state index >= 15 is 0 Å². The van der Waals surface area contributed by atoms with Crippen molar-refractivity contribution >= 4 is 39.8 Å². The number of aliphatic imine (C=N–C) groups is 1. The van der Waals surface area contributed by atoms with Gasteiger partial charge in [-0.1, -0.05) is 24.3 Å². The zero-order valence-corrected chi connectivity index (χ0v) is 20.5. The number of hydrogen-bond donors (Lipinski definition) is 2. The summed E-state index contributed by atoms with van der Waals surface area (Å²) in [5.41, 5.74) is 1.81. The van der Waals surface area contributed by atoms with Gasteiger partial charge in [0.25, 0.3) is 0 Å². The lowest BCUT2D eigenvalue weighted by Gasteiger charge is -2.17. The summed E-state index contributed by atoms with van der Waals surface area (Å²) in [5, 5.41) is 6.39. The third-order valence-electron chi connectivity index (χ3n) is 4.21. The Bertz CT molecular complexity index is 921. The molecular weight excluding hydrogens is 520 g/mol. The van der Waals surface area contributed by atoms with Gasteiger partial charge < -0.3 is 15.4 Å². The van der Waals surface area contributed by atoms with E-state index in [4.69, 9.17) is 4.74 Å². The fourth-order valence-corrected chi connectivity index (χ4v) is 3.36. The number of rotatable bonds is 9. The van der Waals surface area contributed by atoms with Crippen LogP contribution in [0.5, 0.6) is 5.75 Å². The molecule has 0 aliphatic carbocycles. The third kappa shape index (κ3) is 10.2. The Kier molecular flexibility index (Phi) is 11.1. The molecule has 0 aromatic heterocycles. The Labute approximate surface area is 195 Å². The average Bonchev–Trinajstić information content (AvgIpc) is 2.68. The van der Waals surface area contributed by atoms with Gasteiger partial charge >= 0.3 is 0 Å². The lowest BCUT2D eigenvalue weighted by molar-refractivity contribution is 0.305. The van der Waals surface area contributed by atoms with Crippen LogP contribution in [0, 0.1) is 5.82 Å². The van der Waals surface area contributed by atoms with Crippen molar-refractivity contribution in [2.24, 2.45) is 4.99 Å². The van der Waals surface area contributed by atoms with E-state index in [9.17, 15) is 12.8 Å². The second kappa shape index (κ2) is 12.7. The van der Waals surface area contributed by atoms with Crippen LogP contribution in [0.4, 0.5) is 4.39 Å². The first-order valence-corrected chi connectivity index (χ1v) is 11.4. The van der Waals surface area contributed by atoms with Crippen LogP contribution in [0.3, 0.4) is 0 Å². The molecule has 0 fully saturated rings. The van der Waals surface area contributed by atoms with Gasteiger partial charge in [0.05, 0.1) is 5.75 Å². The van der Waals surface area contributed by atoms with Gasteiger partial charge in [0.2, 0.25) is 0 Å². The van der Waals surface area contributed by atoms with Gasteiger partial charge in [0.15, 0.2) is 5.96 Å². The summed E-state index contributed by atoms with van der Waals surface area (Å²) in [6, 6.07) is 13.9. The zero-order valence-electron chi connectivity index (χ0n) is 17.4. The maximum atomic E-state index is 13.2. The van der Waals surface area contributed by atoms with Crippen molar-refractivity contribution in [2.75, 3.05) is 19.1 Å². The van der Waals surface area contributed by atoms with Gasteiger partial charge in [-0.25, -0.2) is 12.8 Å². The molecule has 2 aromatic carbocycles. The highest BCUT2D eigenvalue weighted by atomic mass is 127. The van der Waals surface area contributed by atoms with Crippen molar-refractivity contribution in [1.82, 2.24) is 10.6 Å². The van der Waals surface area contributed by atoms with Crippen molar-refractivity contribution in [2.45, 2.75) is 32.5 Å². The lowest BCUT2D eigenvalue weighted by Crippen LogP contribution is -2.42. The average molecular weight is 549 g/mol. The van der Waals surface area contributed by atoms with Crippen molar-refractivity contribution in [3.05, 3.63) is 65.5 Å². The quantitative estimate of drug-likeness (QED) is 0.285. The fraction of sp³-hybridized carbons (Fsp3) is 0.381. The van der Waals surface area contributed by atoms with Gasteiger partial charge in [-0.15, -0.1) is 24.0 Å². The molecule has 6 nitrogen and oxygen atoms in total. The van der Waals surface area contributed by atoms with E-state index in [-0.39, 0.29) is 41.6 Å². The van der Waals surface area contributed by atoms with E-state index in [1.807, 2.05) is 37.3 Å².